The second-order valence-electron chi connectivity index (χ2n) is 7.33. The molecule has 0 unspecified atom stereocenters. The Kier molecular flexibility index (Phi) is 4.01. The van der Waals surface area contributed by atoms with Crippen LogP contribution in [-0.2, 0) is 11.8 Å². The number of ether oxygens (including phenoxy) is 1. The SMILES string of the molecule is Cn1cncc1[C@H]1C[C@H](NC(=O)NC(C2CC2)C2CC2)CCO1. The van der Waals surface area contributed by atoms with E-state index in [2.05, 4.69) is 15.6 Å². The first-order valence-corrected chi connectivity index (χ1v) is 8.85. The molecular weight excluding hydrogens is 292 g/mol. The van der Waals surface area contributed by atoms with Crippen LogP contribution in [0.2, 0.25) is 0 Å². The molecule has 2 saturated carbocycles. The third kappa shape index (κ3) is 3.52. The van der Waals surface area contributed by atoms with Gasteiger partial charge in [-0.15, -0.1) is 0 Å². The predicted molar refractivity (Wildman–Crippen MR) is 85.8 cm³/mol. The van der Waals surface area contributed by atoms with Gasteiger partial charge < -0.3 is 19.9 Å². The molecule has 6 heteroatoms. The van der Waals surface area contributed by atoms with E-state index < -0.39 is 0 Å². The number of nitrogens with zero attached hydrogens (tertiary/aromatic N) is 2. The van der Waals surface area contributed by atoms with Crippen molar-refractivity contribution in [3.63, 3.8) is 0 Å². The van der Waals surface area contributed by atoms with Crippen molar-refractivity contribution in [1.82, 2.24) is 20.2 Å². The van der Waals surface area contributed by atoms with Crippen molar-refractivity contribution < 1.29 is 9.53 Å². The van der Waals surface area contributed by atoms with Crippen molar-refractivity contribution in [3.8, 4) is 0 Å². The number of nitrogens with one attached hydrogen (secondary N) is 2. The molecule has 23 heavy (non-hydrogen) atoms. The van der Waals surface area contributed by atoms with E-state index in [1.54, 1.807) is 6.33 Å². The van der Waals surface area contributed by atoms with Gasteiger partial charge in [0.05, 0.1) is 18.2 Å². The highest BCUT2D eigenvalue weighted by atomic mass is 16.5. The van der Waals surface area contributed by atoms with Gasteiger partial charge in [-0.05, 0) is 50.4 Å². The van der Waals surface area contributed by atoms with Gasteiger partial charge in [0, 0.05) is 25.7 Å². The van der Waals surface area contributed by atoms with Gasteiger partial charge in [0.15, 0.2) is 0 Å². The van der Waals surface area contributed by atoms with Crippen LogP contribution >= 0.6 is 0 Å². The Balaban J connectivity index is 1.31. The highest BCUT2D eigenvalue weighted by Crippen LogP contribution is 2.44. The number of amides is 2. The van der Waals surface area contributed by atoms with Crippen molar-refractivity contribution >= 4 is 6.03 Å². The fraction of sp³-hybridized carbons (Fsp3) is 0.765. The summed E-state index contributed by atoms with van der Waals surface area (Å²) in [5.74, 6) is 1.45. The number of carbonyl (C=O) groups is 1. The van der Waals surface area contributed by atoms with E-state index in [1.807, 2.05) is 17.8 Å². The number of rotatable bonds is 5. The lowest BCUT2D eigenvalue weighted by Gasteiger charge is -2.31. The van der Waals surface area contributed by atoms with Gasteiger partial charge in [-0.25, -0.2) is 9.78 Å². The normalized spacial score (nSPS) is 27.9. The van der Waals surface area contributed by atoms with Crippen LogP contribution in [0.1, 0.15) is 50.3 Å². The average Bonchev–Trinajstić information content (AvgIpc) is 3.44. The van der Waals surface area contributed by atoms with Crippen LogP contribution in [0.4, 0.5) is 4.79 Å². The highest BCUT2D eigenvalue weighted by Gasteiger charge is 2.42. The third-order valence-corrected chi connectivity index (χ3v) is 5.36. The molecule has 0 spiro atoms. The molecule has 1 aliphatic heterocycles. The van der Waals surface area contributed by atoms with Crippen molar-refractivity contribution in [1.29, 1.82) is 0 Å². The lowest BCUT2D eigenvalue weighted by Crippen LogP contribution is -2.49. The lowest BCUT2D eigenvalue weighted by atomic mass is 10.0. The molecule has 1 aromatic heterocycles. The molecular formula is C17H26N4O2. The summed E-state index contributed by atoms with van der Waals surface area (Å²) in [5.41, 5.74) is 1.07. The molecule has 0 aromatic carbocycles. The minimum absolute atomic E-state index is 0.00413. The molecule has 1 saturated heterocycles. The smallest absolute Gasteiger partial charge is 0.315 e. The summed E-state index contributed by atoms with van der Waals surface area (Å²) < 4.78 is 7.85. The average molecular weight is 318 g/mol. The predicted octanol–water partition coefficient (Wildman–Crippen LogP) is 2.13. The third-order valence-electron chi connectivity index (χ3n) is 5.36. The maximum Gasteiger partial charge on any atom is 0.315 e. The molecule has 126 valence electrons. The molecule has 3 fully saturated rings. The molecule has 2 atom stereocenters. The van der Waals surface area contributed by atoms with Crippen molar-refractivity contribution in [2.24, 2.45) is 18.9 Å². The zero-order valence-corrected chi connectivity index (χ0v) is 13.7. The largest absolute Gasteiger partial charge is 0.372 e. The van der Waals surface area contributed by atoms with Crippen molar-refractivity contribution in [2.75, 3.05) is 6.61 Å². The number of hydrogen-bond acceptors (Lipinski definition) is 3. The molecule has 2 heterocycles. The van der Waals surface area contributed by atoms with E-state index >= 15 is 0 Å². The van der Waals surface area contributed by atoms with E-state index in [9.17, 15) is 4.79 Å². The maximum atomic E-state index is 12.4. The summed E-state index contributed by atoms with van der Waals surface area (Å²) >= 11 is 0. The van der Waals surface area contributed by atoms with E-state index in [0.717, 1.165) is 30.4 Å². The molecule has 2 aliphatic carbocycles. The summed E-state index contributed by atoms with van der Waals surface area (Å²) in [6, 6.07) is 0.579. The van der Waals surface area contributed by atoms with Crippen LogP contribution in [0, 0.1) is 11.8 Å². The first-order valence-electron chi connectivity index (χ1n) is 8.85. The van der Waals surface area contributed by atoms with Crippen LogP contribution in [0.3, 0.4) is 0 Å². The molecule has 2 amide bonds. The first-order chi connectivity index (χ1) is 11.2. The van der Waals surface area contributed by atoms with E-state index in [1.165, 1.54) is 25.7 Å². The zero-order valence-electron chi connectivity index (χ0n) is 13.7. The molecule has 2 N–H and O–H groups in total. The minimum atomic E-state index is 0.00413. The van der Waals surface area contributed by atoms with Gasteiger partial charge in [0.1, 0.15) is 6.10 Å². The minimum Gasteiger partial charge on any atom is -0.372 e. The molecule has 1 aromatic rings. The van der Waals surface area contributed by atoms with E-state index in [-0.39, 0.29) is 18.2 Å². The van der Waals surface area contributed by atoms with Gasteiger partial charge >= 0.3 is 6.03 Å². The second-order valence-corrected chi connectivity index (χ2v) is 7.33. The summed E-state index contributed by atoms with van der Waals surface area (Å²) in [5, 5.41) is 6.41. The number of hydrogen-bond donors (Lipinski definition) is 2. The lowest BCUT2D eigenvalue weighted by molar-refractivity contribution is -0.00185. The first kappa shape index (κ1) is 15.0. The quantitative estimate of drug-likeness (QED) is 0.874. The molecule has 0 radical (unpaired) electrons. The van der Waals surface area contributed by atoms with E-state index in [0.29, 0.717) is 12.6 Å². The van der Waals surface area contributed by atoms with Crippen LogP contribution in [-0.4, -0.2) is 34.3 Å². The number of aryl methyl sites for hydroxylation is 1. The van der Waals surface area contributed by atoms with Crippen LogP contribution in [0.25, 0.3) is 0 Å². The number of urea groups is 1. The van der Waals surface area contributed by atoms with Gasteiger partial charge in [-0.1, -0.05) is 0 Å². The van der Waals surface area contributed by atoms with Gasteiger partial charge in [0.2, 0.25) is 0 Å². The number of carbonyl (C=O) groups excluding carboxylic acids is 1. The summed E-state index contributed by atoms with van der Waals surface area (Å²) in [7, 11) is 1.98. The molecule has 3 aliphatic rings. The second kappa shape index (κ2) is 6.15. The van der Waals surface area contributed by atoms with Gasteiger partial charge in [-0.3, -0.25) is 0 Å². The monoisotopic (exact) mass is 318 g/mol. The van der Waals surface area contributed by atoms with E-state index in [4.69, 9.17) is 4.74 Å². The zero-order chi connectivity index (χ0) is 15.8. The van der Waals surface area contributed by atoms with Crippen molar-refractivity contribution in [2.45, 2.75) is 56.7 Å². The highest BCUT2D eigenvalue weighted by molar-refractivity contribution is 5.74. The Morgan fingerprint density at radius 1 is 1.30 bits per heavy atom. The van der Waals surface area contributed by atoms with Crippen LogP contribution < -0.4 is 10.6 Å². The maximum absolute atomic E-state index is 12.4. The standard InChI is InChI=1S/C17H26N4O2/c1-21-10-18-9-14(21)15-8-13(6-7-23-15)19-17(22)20-16(11-2-3-11)12-4-5-12/h9-13,15-16H,2-8H2,1H3,(H2,19,20,22)/t13-,15-/m1/s1. The Morgan fingerprint density at radius 2 is 2.04 bits per heavy atom. The van der Waals surface area contributed by atoms with Crippen LogP contribution in [0.15, 0.2) is 12.5 Å². The molecule has 4 rings (SSSR count). The molecule has 0 bridgehead atoms. The Morgan fingerprint density at radius 3 is 2.65 bits per heavy atom. The van der Waals surface area contributed by atoms with Crippen molar-refractivity contribution in [3.05, 3.63) is 18.2 Å². The fourth-order valence-electron chi connectivity index (χ4n) is 3.72. The summed E-state index contributed by atoms with van der Waals surface area (Å²) in [4.78, 5) is 16.5. The fourth-order valence-corrected chi connectivity index (χ4v) is 3.72. The summed E-state index contributed by atoms with van der Waals surface area (Å²) in [6.07, 6.45) is 10.5. The Bertz CT molecular complexity index is 553. The summed E-state index contributed by atoms with van der Waals surface area (Å²) in [6.45, 7) is 0.676. The Labute approximate surface area is 137 Å². The van der Waals surface area contributed by atoms with Gasteiger partial charge in [-0.2, -0.15) is 0 Å². The molecule has 6 nitrogen and oxygen atoms in total. The number of aromatic nitrogens is 2. The topological polar surface area (TPSA) is 68.2 Å². The number of imidazole rings is 1. The Hall–Kier alpha value is -1.56. The van der Waals surface area contributed by atoms with Gasteiger partial charge in [0.25, 0.3) is 0 Å². The van der Waals surface area contributed by atoms with Crippen LogP contribution in [0.5, 0.6) is 0 Å².